The van der Waals surface area contributed by atoms with Crippen LogP contribution in [0, 0.1) is 5.92 Å². The minimum atomic E-state index is -0.273. The molecule has 3 amide bonds. The second-order valence-corrected chi connectivity index (χ2v) is 8.30. The molecule has 1 aliphatic heterocycles. The SMILES string of the molecule is COc1ccc(Cl)cc1C(=O)N1CCC(C(=O)NCCCNC(=O)c2cccc(O)c2)CC1. The van der Waals surface area contributed by atoms with Gasteiger partial charge in [0.05, 0.1) is 12.7 Å². The van der Waals surface area contributed by atoms with Gasteiger partial charge in [0.15, 0.2) is 0 Å². The lowest BCUT2D eigenvalue weighted by molar-refractivity contribution is -0.126. The van der Waals surface area contributed by atoms with Crippen molar-refractivity contribution in [3.63, 3.8) is 0 Å². The number of methoxy groups -OCH3 is 1. The minimum Gasteiger partial charge on any atom is -0.508 e. The first-order valence-electron chi connectivity index (χ1n) is 10.9. The fraction of sp³-hybridized carbons (Fsp3) is 0.375. The second kappa shape index (κ2) is 11.6. The molecule has 9 heteroatoms. The van der Waals surface area contributed by atoms with E-state index in [0.29, 0.717) is 67.3 Å². The van der Waals surface area contributed by atoms with Gasteiger partial charge in [-0.15, -0.1) is 0 Å². The highest BCUT2D eigenvalue weighted by Gasteiger charge is 2.29. The zero-order valence-electron chi connectivity index (χ0n) is 18.5. The maximum absolute atomic E-state index is 12.9. The monoisotopic (exact) mass is 473 g/mol. The van der Waals surface area contributed by atoms with Crippen LogP contribution in [0.1, 0.15) is 40.0 Å². The quantitative estimate of drug-likeness (QED) is 0.511. The summed E-state index contributed by atoms with van der Waals surface area (Å²) in [6.07, 6.45) is 1.74. The number of piperidine rings is 1. The number of phenols is 1. The van der Waals surface area contributed by atoms with Crippen molar-refractivity contribution in [1.82, 2.24) is 15.5 Å². The van der Waals surface area contributed by atoms with Crippen molar-refractivity contribution in [2.24, 2.45) is 5.92 Å². The zero-order chi connectivity index (χ0) is 23.8. The van der Waals surface area contributed by atoms with Crippen LogP contribution in [0.25, 0.3) is 0 Å². The van der Waals surface area contributed by atoms with Gasteiger partial charge in [0.25, 0.3) is 11.8 Å². The molecule has 0 radical (unpaired) electrons. The summed E-state index contributed by atoms with van der Waals surface area (Å²) in [6, 6.07) is 11.1. The number of benzene rings is 2. The molecule has 0 saturated carbocycles. The maximum Gasteiger partial charge on any atom is 0.257 e. The molecule has 176 valence electrons. The average molecular weight is 474 g/mol. The number of hydrogen-bond donors (Lipinski definition) is 3. The molecule has 1 heterocycles. The lowest BCUT2D eigenvalue weighted by atomic mass is 9.95. The summed E-state index contributed by atoms with van der Waals surface area (Å²) < 4.78 is 5.27. The van der Waals surface area contributed by atoms with Crippen LogP contribution >= 0.6 is 11.6 Å². The normalized spacial score (nSPS) is 13.9. The molecule has 1 aliphatic rings. The molecule has 1 saturated heterocycles. The predicted octanol–water partition coefficient (Wildman–Crippen LogP) is 2.84. The van der Waals surface area contributed by atoms with E-state index in [9.17, 15) is 19.5 Å². The molecule has 0 unspecified atom stereocenters. The summed E-state index contributed by atoms with van der Waals surface area (Å²) in [6.45, 7) is 1.81. The van der Waals surface area contributed by atoms with E-state index in [4.69, 9.17) is 16.3 Å². The van der Waals surface area contributed by atoms with E-state index in [2.05, 4.69) is 10.6 Å². The number of nitrogens with one attached hydrogen (secondary N) is 2. The number of halogens is 1. The Morgan fingerprint density at radius 2 is 1.82 bits per heavy atom. The van der Waals surface area contributed by atoms with Crippen molar-refractivity contribution in [3.8, 4) is 11.5 Å². The van der Waals surface area contributed by atoms with Gasteiger partial charge in [-0.2, -0.15) is 0 Å². The third-order valence-corrected chi connectivity index (χ3v) is 5.83. The third kappa shape index (κ3) is 6.61. The van der Waals surface area contributed by atoms with Gasteiger partial charge in [-0.3, -0.25) is 14.4 Å². The van der Waals surface area contributed by atoms with Crippen molar-refractivity contribution < 1.29 is 24.2 Å². The predicted molar refractivity (Wildman–Crippen MR) is 125 cm³/mol. The Bertz CT molecular complexity index is 1010. The molecule has 0 atom stereocenters. The fourth-order valence-electron chi connectivity index (χ4n) is 3.76. The van der Waals surface area contributed by atoms with Crippen molar-refractivity contribution in [2.45, 2.75) is 19.3 Å². The Morgan fingerprint density at radius 3 is 2.52 bits per heavy atom. The van der Waals surface area contributed by atoms with Gasteiger partial charge in [0.1, 0.15) is 11.5 Å². The van der Waals surface area contributed by atoms with Crippen molar-refractivity contribution in [3.05, 3.63) is 58.6 Å². The molecular formula is C24H28ClN3O5. The smallest absolute Gasteiger partial charge is 0.257 e. The number of amides is 3. The number of carbonyl (C=O) groups is 3. The van der Waals surface area contributed by atoms with Crippen molar-refractivity contribution in [2.75, 3.05) is 33.3 Å². The van der Waals surface area contributed by atoms with Gasteiger partial charge in [-0.25, -0.2) is 0 Å². The van der Waals surface area contributed by atoms with Crippen LogP contribution in [-0.2, 0) is 4.79 Å². The van der Waals surface area contributed by atoms with Gasteiger partial charge in [0, 0.05) is 42.7 Å². The largest absolute Gasteiger partial charge is 0.508 e. The molecule has 0 bridgehead atoms. The molecule has 0 aliphatic carbocycles. The summed E-state index contributed by atoms with van der Waals surface area (Å²) in [4.78, 5) is 39.1. The van der Waals surface area contributed by atoms with E-state index in [-0.39, 0.29) is 29.4 Å². The Labute approximate surface area is 197 Å². The molecule has 1 fully saturated rings. The lowest BCUT2D eigenvalue weighted by Crippen LogP contribution is -2.43. The van der Waals surface area contributed by atoms with Crippen molar-refractivity contribution >= 4 is 29.3 Å². The van der Waals surface area contributed by atoms with Crippen molar-refractivity contribution in [1.29, 1.82) is 0 Å². The topological polar surface area (TPSA) is 108 Å². The highest BCUT2D eigenvalue weighted by molar-refractivity contribution is 6.31. The number of hydrogen-bond acceptors (Lipinski definition) is 5. The molecule has 33 heavy (non-hydrogen) atoms. The van der Waals surface area contributed by atoms with Gasteiger partial charge in [0.2, 0.25) is 5.91 Å². The number of phenolic OH excluding ortho intramolecular Hbond substituents is 1. The van der Waals surface area contributed by atoms with Crippen LogP contribution in [0.15, 0.2) is 42.5 Å². The summed E-state index contributed by atoms with van der Waals surface area (Å²) in [5.74, 6) is -0.116. The summed E-state index contributed by atoms with van der Waals surface area (Å²) in [7, 11) is 1.51. The highest BCUT2D eigenvalue weighted by Crippen LogP contribution is 2.26. The van der Waals surface area contributed by atoms with E-state index in [1.165, 1.54) is 19.2 Å². The molecular weight excluding hydrogens is 446 g/mol. The summed E-state index contributed by atoms with van der Waals surface area (Å²) in [5, 5.41) is 15.6. The Kier molecular flexibility index (Phi) is 8.54. The van der Waals surface area contributed by atoms with Crippen LogP contribution in [0.3, 0.4) is 0 Å². The Morgan fingerprint density at radius 1 is 1.09 bits per heavy atom. The van der Waals surface area contributed by atoms with E-state index in [1.54, 1.807) is 35.2 Å². The van der Waals surface area contributed by atoms with Gasteiger partial charge >= 0.3 is 0 Å². The fourth-order valence-corrected chi connectivity index (χ4v) is 3.93. The number of carbonyl (C=O) groups excluding carboxylic acids is 3. The first kappa shape index (κ1) is 24.4. The van der Waals surface area contributed by atoms with Gasteiger partial charge in [-0.1, -0.05) is 17.7 Å². The zero-order valence-corrected chi connectivity index (χ0v) is 19.2. The molecule has 0 spiro atoms. The average Bonchev–Trinajstić information content (AvgIpc) is 2.83. The molecule has 3 rings (SSSR count). The van der Waals surface area contributed by atoms with Crippen LogP contribution in [0.5, 0.6) is 11.5 Å². The standard InChI is InChI=1S/C24H28ClN3O5/c1-33-21-7-6-18(25)15-20(21)24(32)28-12-8-16(9-13-28)22(30)26-10-3-11-27-23(31)17-4-2-5-19(29)14-17/h2,4-7,14-16,29H,3,8-13H2,1H3,(H,26,30)(H,27,31). The molecule has 0 aromatic heterocycles. The maximum atomic E-state index is 12.9. The highest BCUT2D eigenvalue weighted by atomic mass is 35.5. The minimum absolute atomic E-state index is 0.0364. The second-order valence-electron chi connectivity index (χ2n) is 7.86. The Hall–Kier alpha value is -3.26. The molecule has 2 aromatic rings. The van der Waals surface area contributed by atoms with E-state index < -0.39 is 0 Å². The number of rotatable bonds is 8. The van der Waals surface area contributed by atoms with Crippen LogP contribution < -0.4 is 15.4 Å². The summed E-state index contributed by atoms with van der Waals surface area (Å²) >= 11 is 6.03. The van der Waals surface area contributed by atoms with E-state index in [1.807, 2.05) is 0 Å². The summed E-state index contributed by atoms with van der Waals surface area (Å²) in [5.41, 5.74) is 0.802. The first-order valence-corrected chi connectivity index (χ1v) is 11.2. The first-order chi connectivity index (χ1) is 15.9. The van der Waals surface area contributed by atoms with Gasteiger partial charge < -0.3 is 25.4 Å². The van der Waals surface area contributed by atoms with E-state index >= 15 is 0 Å². The van der Waals surface area contributed by atoms with Gasteiger partial charge in [-0.05, 0) is 55.7 Å². The number of ether oxygens (including phenoxy) is 1. The number of nitrogens with zero attached hydrogens (tertiary/aromatic N) is 1. The molecule has 3 N–H and O–H groups in total. The number of aromatic hydroxyl groups is 1. The third-order valence-electron chi connectivity index (χ3n) is 5.59. The number of likely N-dealkylation sites (tertiary alicyclic amines) is 1. The van der Waals surface area contributed by atoms with Crippen LogP contribution in [0.2, 0.25) is 5.02 Å². The molecule has 8 nitrogen and oxygen atoms in total. The van der Waals surface area contributed by atoms with E-state index in [0.717, 1.165) is 0 Å². The van der Waals surface area contributed by atoms with Crippen LogP contribution in [0.4, 0.5) is 0 Å². The Balaban J connectivity index is 1.38. The molecule has 2 aromatic carbocycles. The lowest BCUT2D eigenvalue weighted by Gasteiger charge is -2.31. The van der Waals surface area contributed by atoms with Crippen LogP contribution in [-0.4, -0.2) is 61.0 Å².